The SMILES string of the molecule is COc1ccccc1/C=C/C(=O)Nc1ccc(S(=O)(=O)Nc2cc(C)ccc2C)cc1. The van der Waals surface area contributed by atoms with Gasteiger partial charge in [-0.15, -0.1) is 0 Å². The number of methoxy groups -OCH3 is 1. The van der Waals surface area contributed by atoms with E-state index >= 15 is 0 Å². The number of anilines is 2. The smallest absolute Gasteiger partial charge is 0.261 e. The molecule has 0 saturated carbocycles. The quantitative estimate of drug-likeness (QED) is 0.523. The third-order valence-corrected chi connectivity index (χ3v) is 6.00. The normalized spacial score (nSPS) is 11.3. The lowest BCUT2D eigenvalue weighted by Crippen LogP contribution is -2.14. The Morgan fingerprint density at radius 3 is 2.39 bits per heavy atom. The van der Waals surface area contributed by atoms with Gasteiger partial charge in [-0.05, 0) is 67.4 Å². The van der Waals surface area contributed by atoms with Crippen molar-refractivity contribution in [3.63, 3.8) is 0 Å². The zero-order chi connectivity index (χ0) is 22.4. The number of hydrogen-bond acceptors (Lipinski definition) is 4. The molecule has 7 heteroatoms. The summed E-state index contributed by atoms with van der Waals surface area (Å²) in [6.07, 6.45) is 3.05. The zero-order valence-corrected chi connectivity index (χ0v) is 18.4. The number of carbonyl (C=O) groups is 1. The maximum Gasteiger partial charge on any atom is 0.261 e. The van der Waals surface area contributed by atoms with E-state index in [0.29, 0.717) is 17.1 Å². The molecule has 0 atom stereocenters. The molecule has 0 fully saturated rings. The van der Waals surface area contributed by atoms with Crippen molar-refractivity contribution >= 4 is 33.4 Å². The van der Waals surface area contributed by atoms with Crippen LogP contribution in [0.15, 0.2) is 77.7 Å². The van der Waals surface area contributed by atoms with Gasteiger partial charge in [-0.1, -0.05) is 30.3 Å². The van der Waals surface area contributed by atoms with E-state index in [4.69, 9.17) is 4.74 Å². The Balaban J connectivity index is 1.68. The molecule has 3 rings (SSSR count). The highest BCUT2D eigenvalue weighted by Crippen LogP contribution is 2.22. The third kappa shape index (κ3) is 5.73. The fourth-order valence-electron chi connectivity index (χ4n) is 2.92. The first-order valence-corrected chi connectivity index (χ1v) is 11.1. The number of nitrogens with one attached hydrogen (secondary N) is 2. The van der Waals surface area contributed by atoms with Crippen LogP contribution in [0.2, 0.25) is 0 Å². The average Bonchev–Trinajstić information content (AvgIpc) is 2.75. The first-order chi connectivity index (χ1) is 14.8. The summed E-state index contributed by atoms with van der Waals surface area (Å²) in [6.45, 7) is 3.74. The first kappa shape index (κ1) is 22.1. The zero-order valence-electron chi connectivity index (χ0n) is 17.5. The van der Waals surface area contributed by atoms with Crippen LogP contribution in [0, 0.1) is 13.8 Å². The number of para-hydroxylation sites is 1. The summed E-state index contributed by atoms with van der Waals surface area (Å²) in [6, 6.07) is 18.9. The second kappa shape index (κ2) is 9.49. The Hall–Kier alpha value is -3.58. The molecule has 0 heterocycles. The van der Waals surface area contributed by atoms with Crippen LogP contribution in [-0.2, 0) is 14.8 Å². The van der Waals surface area contributed by atoms with Crippen LogP contribution in [0.5, 0.6) is 5.75 Å². The molecule has 0 aliphatic heterocycles. The van der Waals surface area contributed by atoms with E-state index in [-0.39, 0.29) is 10.8 Å². The van der Waals surface area contributed by atoms with Gasteiger partial charge >= 0.3 is 0 Å². The fraction of sp³-hybridized carbons (Fsp3) is 0.125. The minimum Gasteiger partial charge on any atom is -0.496 e. The van der Waals surface area contributed by atoms with E-state index in [1.165, 1.54) is 18.2 Å². The molecule has 0 aliphatic carbocycles. The van der Waals surface area contributed by atoms with Crippen LogP contribution in [-0.4, -0.2) is 21.4 Å². The van der Waals surface area contributed by atoms with Gasteiger partial charge in [0.15, 0.2) is 0 Å². The summed E-state index contributed by atoms with van der Waals surface area (Å²) < 4.78 is 33.3. The summed E-state index contributed by atoms with van der Waals surface area (Å²) in [5.41, 5.74) is 3.60. The summed E-state index contributed by atoms with van der Waals surface area (Å²) >= 11 is 0. The largest absolute Gasteiger partial charge is 0.496 e. The van der Waals surface area contributed by atoms with Crippen LogP contribution in [0.3, 0.4) is 0 Å². The molecule has 0 bridgehead atoms. The number of aryl methyl sites for hydroxylation is 2. The second-order valence-corrected chi connectivity index (χ2v) is 8.70. The fourth-order valence-corrected chi connectivity index (χ4v) is 4.04. The van der Waals surface area contributed by atoms with Gasteiger partial charge in [0.2, 0.25) is 5.91 Å². The Labute approximate surface area is 182 Å². The number of ether oxygens (including phenoxy) is 1. The Morgan fingerprint density at radius 2 is 1.68 bits per heavy atom. The molecular formula is C24H24N2O4S. The molecule has 2 N–H and O–H groups in total. The highest BCUT2D eigenvalue weighted by molar-refractivity contribution is 7.92. The lowest BCUT2D eigenvalue weighted by molar-refractivity contribution is -0.111. The van der Waals surface area contributed by atoms with Gasteiger partial charge in [-0.25, -0.2) is 8.42 Å². The van der Waals surface area contributed by atoms with Crippen molar-refractivity contribution in [1.29, 1.82) is 0 Å². The van der Waals surface area contributed by atoms with E-state index in [0.717, 1.165) is 16.7 Å². The Morgan fingerprint density at radius 1 is 0.968 bits per heavy atom. The van der Waals surface area contributed by atoms with Crippen LogP contribution in [0.4, 0.5) is 11.4 Å². The van der Waals surface area contributed by atoms with Gasteiger partial charge in [0.05, 0.1) is 17.7 Å². The lowest BCUT2D eigenvalue weighted by atomic mass is 10.1. The van der Waals surface area contributed by atoms with E-state index in [2.05, 4.69) is 10.0 Å². The maximum atomic E-state index is 12.7. The molecule has 1 amide bonds. The van der Waals surface area contributed by atoms with Crippen LogP contribution < -0.4 is 14.8 Å². The van der Waals surface area contributed by atoms with Crippen molar-refractivity contribution in [2.75, 3.05) is 17.1 Å². The monoisotopic (exact) mass is 436 g/mol. The number of rotatable bonds is 7. The first-order valence-electron chi connectivity index (χ1n) is 9.61. The van der Waals surface area contributed by atoms with Gasteiger partial charge in [0.25, 0.3) is 10.0 Å². The minimum absolute atomic E-state index is 0.107. The minimum atomic E-state index is -3.74. The topological polar surface area (TPSA) is 84.5 Å². The van der Waals surface area contributed by atoms with Crippen LogP contribution in [0.25, 0.3) is 6.08 Å². The van der Waals surface area contributed by atoms with E-state index in [1.807, 2.05) is 50.2 Å². The molecular weight excluding hydrogens is 412 g/mol. The molecule has 0 radical (unpaired) electrons. The van der Waals surface area contributed by atoms with Gasteiger partial charge in [-0.2, -0.15) is 0 Å². The molecule has 31 heavy (non-hydrogen) atoms. The molecule has 0 aliphatic rings. The number of amides is 1. The van der Waals surface area contributed by atoms with Crippen molar-refractivity contribution < 1.29 is 17.9 Å². The average molecular weight is 437 g/mol. The van der Waals surface area contributed by atoms with Gasteiger partial charge in [0, 0.05) is 17.3 Å². The molecule has 0 spiro atoms. The molecule has 160 valence electrons. The molecule has 3 aromatic carbocycles. The standard InChI is InChI=1S/C24H24N2O4S/c1-17-8-9-18(2)22(16-17)26-31(28,29)21-13-11-20(12-14-21)25-24(27)15-10-19-6-4-5-7-23(19)30-3/h4-16,26H,1-3H3,(H,25,27)/b15-10+. The van der Waals surface area contributed by atoms with E-state index in [9.17, 15) is 13.2 Å². The summed E-state index contributed by atoms with van der Waals surface area (Å²) in [7, 11) is -2.18. The molecule has 0 aromatic heterocycles. The highest BCUT2D eigenvalue weighted by Gasteiger charge is 2.15. The second-order valence-electron chi connectivity index (χ2n) is 7.01. The number of sulfonamides is 1. The maximum absolute atomic E-state index is 12.7. The van der Waals surface area contributed by atoms with E-state index in [1.54, 1.807) is 31.4 Å². The summed E-state index contributed by atoms with van der Waals surface area (Å²) in [5, 5.41) is 2.71. The molecule has 3 aromatic rings. The Bertz CT molecular complexity index is 1220. The van der Waals surface area contributed by atoms with Crippen LogP contribution in [0.1, 0.15) is 16.7 Å². The van der Waals surface area contributed by atoms with Crippen molar-refractivity contribution in [2.24, 2.45) is 0 Å². The van der Waals surface area contributed by atoms with Gasteiger partial charge in [-0.3, -0.25) is 9.52 Å². The van der Waals surface area contributed by atoms with Crippen molar-refractivity contribution in [1.82, 2.24) is 0 Å². The predicted octanol–water partition coefficient (Wildman–Crippen LogP) is 4.76. The van der Waals surface area contributed by atoms with Gasteiger partial charge in [0.1, 0.15) is 5.75 Å². The lowest BCUT2D eigenvalue weighted by Gasteiger charge is -2.12. The molecule has 0 unspecified atom stereocenters. The summed E-state index contributed by atoms with van der Waals surface area (Å²) in [5.74, 6) is 0.326. The van der Waals surface area contributed by atoms with Crippen molar-refractivity contribution in [3.05, 3.63) is 89.5 Å². The molecule has 6 nitrogen and oxygen atoms in total. The van der Waals surface area contributed by atoms with E-state index < -0.39 is 10.0 Å². The number of carbonyl (C=O) groups excluding carboxylic acids is 1. The summed E-state index contributed by atoms with van der Waals surface area (Å²) in [4.78, 5) is 12.3. The van der Waals surface area contributed by atoms with Crippen LogP contribution >= 0.6 is 0 Å². The van der Waals surface area contributed by atoms with Gasteiger partial charge < -0.3 is 10.1 Å². The third-order valence-electron chi connectivity index (χ3n) is 4.62. The Kier molecular flexibility index (Phi) is 6.77. The van der Waals surface area contributed by atoms with Crippen molar-refractivity contribution in [2.45, 2.75) is 18.7 Å². The highest BCUT2D eigenvalue weighted by atomic mass is 32.2. The number of benzene rings is 3. The predicted molar refractivity (Wildman–Crippen MR) is 124 cm³/mol. The van der Waals surface area contributed by atoms with Crippen molar-refractivity contribution in [3.8, 4) is 5.75 Å². The molecule has 0 saturated heterocycles. The number of hydrogen-bond donors (Lipinski definition) is 2.